The Hall–Kier alpha value is -1.92. The van der Waals surface area contributed by atoms with E-state index in [-0.39, 0.29) is 18.3 Å². The second kappa shape index (κ2) is 9.52. The summed E-state index contributed by atoms with van der Waals surface area (Å²) in [5.74, 6) is 1.11. The van der Waals surface area contributed by atoms with Gasteiger partial charge in [-0.3, -0.25) is 0 Å². The summed E-state index contributed by atoms with van der Waals surface area (Å²) >= 11 is 0. The van der Waals surface area contributed by atoms with Crippen molar-refractivity contribution in [3.05, 3.63) is 59.7 Å². The Kier molecular flexibility index (Phi) is 7.61. The molecule has 0 spiro atoms. The van der Waals surface area contributed by atoms with Crippen molar-refractivity contribution in [2.75, 3.05) is 38.7 Å². The number of nitrogens with one attached hydrogen (secondary N) is 1. The van der Waals surface area contributed by atoms with Gasteiger partial charge in [0.1, 0.15) is 5.75 Å². The summed E-state index contributed by atoms with van der Waals surface area (Å²) in [6.45, 7) is 2.26. The van der Waals surface area contributed by atoms with Crippen LogP contribution in [0.1, 0.15) is 23.5 Å². The van der Waals surface area contributed by atoms with E-state index < -0.39 is 11.7 Å². The number of ether oxygens (including phenoxy) is 1. The van der Waals surface area contributed by atoms with E-state index in [0.717, 1.165) is 37.3 Å². The molecule has 1 aliphatic heterocycles. The zero-order valence-corrected chi connectivity index (χ0v) is 16.8. The number of halogens is 4. The predicted octanol–water partition coefficient (Wildman–Crippen LogP) is 4.97. The molecule has 0 aliphatic carbocycles. The summed E-state index contributed by atoms with van der Waals surface area (Å²) in [4.78, 5) is 2.07. The number of rotatable bonds is 5. The van der Waals surface area contributed by atoms with Crippen LogP contribution in [-0.2, 0) is 6.18 Å². The lowest BCUT2D eigenvalue weighted by molar-refractivity contribution is -0.137. The van der Waals surface area contributed by atoms with Gasteiger partial charge >= 0.3 is 6.18 Å². The van der Waals surface area contributed by atoms with Crippen molar-refractivity contribution in [3.63, 3.8) is 0 Å². The number of nitrogens with zero attached hydrogens (tertiary/aromatic N) is 1. The van der Waals surface area contributed by atoms with Crippen molar-refractivity contribution < 1.29 is 17.9 Å². The molecule has 1 N–H and O–H groups in total. The molecule has 0 aromatic heterocycles. The number of alkyl halides is 3. The van der Waals surface area contributed by atoms with Crippen molar-refractivity contribution in [1.82, 2.24) is 5.32 Å². The smallest absolute Gasteiger partial charge is 0.416 e. The van der Waals surface area contributed by atoms with Gasteiger partial charge in [-0.2, -0.15) is 13.2 Å². The first-order valence-corrected chi connectivity index (χ1v) is 9.12. The van der Waals surface area contributed by atoms with Gasteiger partial charge in [0.25, 0.3) is 0 Å². The van der Waals surface area contributed by atoms with Crippen LogP contribution >= 0.6 is 12.4 Å². The van der Waals surface area contributed by atoms with E-state index in [1.165, 1.54) is 17.7 Å². The molecule has 3 nitrogen and oxygen atoms in total. The molecule has 1 saturated heterocycles. The first-order valence-electron chi connectivity index (χ1n) is 9.12. The Balaban J connectivity index is 0.00000280. The number of anilines is 1. The lowest BCUT2D eigenvalue weighted by atomic mass is 9.81. The lowest BCUT2D eigenvalue weighted by Gasteiger charge is -2.32. The zero-order chi connectivity index (χ0) is 19.4. The Morgan fingerprint density at radius 2 is 1.68 bits per heavy atom. The van der Waals surface area contributed by atoms with Gasteiger partial charge in [0.05, 0.1) is 12.2 Å². The molecule has 1 heterocycles. The van der Waals surface area contributed by atoms with E-state index in [9.17, 15) is 13.2 Å². The minimum Gasteiger partial charge on any atom is -0.493 e. The fourth-order valence-corrected chi connectivity index (χ4v) is 3.50. The molecule has 0 radical (unpaired) electrons. The van der Waals surface area contributed by atoms with Crippen LogP contribution < -0.4 is 15.0 Å². The van der Waals surface area contributed by atoms with Crippen molar-refractivity contribution in [1.29, 1.82) is 0 Å². The van der Waals surface area contributed by atoms with Gasteiger partial charge in [-0.1, -0.05) is 12.1 Å². The Labute approximate surface area is 170 Å². The molecule has 0 bridgehead atoms. The minimum atomic E-state index is -4.32. The quantitative estimate of drug-likeness (QED) is 0.748. The third kappa shape index (κ3) is 5.55. The van der Waals surface area contributed by atoms with E-state index in [1.54, 1.807) is 0 Å². The third-order valence-corrected chi connectivity index (χ3v) is 5.09. The van der Waals surface area contributed by atoms with E-state index in [1.807, 2.05) is 14.1 Å². The SMILES string of the molecule is CN(C)c1ccc([C@@H]2CCNC[C@H]2COc2ccc(C(F)(F)F)cc2)cc1.Cl. The van der Waals surface area contributed by atoms with Crippen molar-refractivity contribution in [2.24, 2.45) is 5.92 Å². The molecule has 1 fully saturated rings. The van der Waals surface area contributed by atoms with E-state index in [0.29, 0.717) is 18.3 Å². The highest BCUT2D eigenvalue weighted by Gasteiger charge is 2.30. The molecule has 7 heteroatoms. The summed E-state index contributed by atoms with van der Waals surface area (Å²) in [6, 6.07) is 13.5. The standard InChI is InChI=1S/C21H25F3N2O.ClH/c1-26(2)18-7-3-15(4-8-18)20-11-12-25-13-16(20)14-27-19-9-5-17(6-10-19)21(22,23)24;/h3-10,16,20,25H,11-14H2,1-2H3;1H/t16-,20-;/m0./s1. The van der Waals surface area contributed by atoms with Gasteiger partial charge in [0, 0.05) is 32.2 Å². The summed E-state index contributed by atoms with van der Waals surface area (Å²) in [5.41, 5.74) is 1.78. The van der Waals surface area contributed by atoms with Crippen molar-refractivity contribution in [3.8, 4) is 5.75 Å². The highest BCUT2D eigenvalue weighted by atomic mass is 35.5. The maximum absolute atomic E-state index is 12.7. The Morgan fingerprint density at radius 3 is 2.25 bits per heavy atom. The van der Waals surface area contributed by atoms with Crippen LogP contribution in [0.5, 0.6) is 5.75 Å². The monoisotopic (exact) mass is 414 g/mol. The van der Waals surface area contributed by atoms with Crippen LogP contribution in [0.15, 0.2) is 48.5 Å². The molecule has 154 valence electrons. The summed E-state index contributed by atoms with van der Waals surface area (Å²) in [5, 5.41) is 3.39. The second-order valence-corrected chi connectivity index (χ2v) is 7.18. The number of piperidine rings is 1. The maximum Gasteiger partial charge on any atom is 0.416 e. The fourth-order valence-electron chi connectivity index (χ4n) is 3.50. The van der Waals surface area contributed by atoms with Crippen LogP contribution in [-0.4, -0.2) is 33.8 Å². The van der Waals surface area contributed by atoms with Crippen molar-refractivity contribution >= 4 is 18.1 Å². The van der Waals surface area contributed by atoms with Gasteiger partial charge in [-0.15, -0.1) is 12.4 Å². The summed E-state index contributed by atoms with van der Waals surface area (Å²) in [6.07, 6.45) is -3.31. The van der Waals surface area contributed by atoms with E-state index in [2.05, 4.69) is 34.5 Å². The average Bonchev–Trinajstić information content (AvgIpc) is 2.66. The molecule has 2 aromatic carbocycles. The third-order valence-electron chi connectivity index (χ3n) is 5.09. The van der Waals surface area contributed by atoms with Gasteiger partial charge in [-0.25, -0.2) is 0 Å². The van der Waals surface area contributed by atoms with Crippen LogP contribution in [0.2, 0.25) is 0 Å². The topological polar surface area (TPSA) is 24.5 Å². The first-order chi connectivity index (χ1) is 12.8. The van der Waals surface area contributed by atoms with Crippen LogP contribution in [0.4, 0.5) is 18.9 Å². The first kappa shape index (κ1) is 22.4. The summed E-state index contributed by atoms with van der Waals surface area (Å²) in [7, 11) is 4.03. The molecule has 1 aliphatic rings. The molecule has 28 heavy (non-hydrogen) atoms. The molecular formula is C21H26ClF3N2O. The molecule has 0 saturated carbocycles. The molecule has 0 amide bonds. The molecule has 2 atom stereocenters. The number of benzene rings is 2. The van der Waals surface area contributed by atoms with Crippen LogP contribution in [0.3, 0.4) is 0 Å². The zero-order valence-electron chi connectivity index (χ0n) is 16.0. The fraction of sp³-hybridized carbons (Fsp3) is 0.429. The van der Waals surface area contributed by atoms with Gasteiger partial charge in [0.2, 0.25) is 0 Å². The van der Waals surface area contributed by atoms with E-state index in [4.69, 9.17) is 4.74 Å². The normalized spacial score (nSPS) is 19.6. The average molecular weight is 415 g/mol. The second-order valence-electron chi connectivity index (χ2n) is 7.18. The number of hydrogen-bond acceptors (Lipinski definition) is 3. The van der Waals surface area contributed by atoms with Crippen LogP contribution in [0, 0.1) is 5.92 Å². The van der Waals surface area contributed by atoms with E-state index >= 15 is 0 Å². The van der Waals surface area contributed by atoms with Gasteiger partial charge in [0.15, 0.2) is 0 Å². The molecule has 0 unspecified atom stereocenters. The molecular weight excluding hydrogens is 389 g/mol. The van der Waals surface area contributed by atoms with Gasteiger partial charge < -0.3 is 15.0 Å². The minimum absolute atomic E-state index is 0. The Bertz CT molecular complexity index is 733. The number of hydrogen-bond donors (Lipinski definition) is 1. The highest BCUT2D eigenvalue weighted by Crippen LogP contribution is 2.33. The molecule has 2 aromatic rings. The lowest BCUT2D eigenvalue weighted by Crippen LogP contribution is -2.38. The summed E-state index contributed by atoms with van der Waals surface area (Å²) < 4.78 is 43.8. The van der Waals surface area contributed by atoms with Crippen LogP contribution in [0.25, 0.3) is 0 Å². The van der Waals surface area contributed by atoms with Crippen molar-refractivity contribution in [2.45, 2.75) is 18.5 Å². The highest BCUT2D eigenvalue weighted by molar-refractivity contribution is 5.85. The maximum atomic E-state index is 12.7. The predicted molar refractivity (Wildman–Crippen MR) is 109 cm³/mol. The van der Waals surface area contributed by atoms with Gasteiger partial charge in [-0.05, 0) is 60.8 Å². The molecule has 3 rings (SSSR count). The largest absolute Gasteiger partial charge is 0.493 e. The Morgan fingerprint density at radius 1 is 1.04 bits per heavy atom.